The van der Waals surface area contributed by atoms with Crippen molar-refractivity contribution < 1.29 is 4.74 Å². The van der Waals surface area contributed by atoms with Crippen molar-refractivity contribution in [2.45, 2.75) is 18.4 Å². The highest BCUT2D eigenvalue weighted by atomic mass is 16.5. The average molecular weight is 203 g/mol. The van der Waals surface area contributed by atoms with Gasteiger partial charge in [0, 0.05) is 31.0 Å². The van der Waals surface area contributed by atoms with Gasteiger partial charge in [-0.2, -0.15) is 0 Å². The lowest BCUT2D eigenvalue weighted by atomic mass is 9.84. The Kier molecular flexibility index (Phi) is 2.47. The van der Waals surface area contributed by atoms with Gasteiger partial charge in [-0.1, -0.05) is 30.3 Å². The molecule has 1 N–H and O–H groups in total. The molecular formula is C13H17NO. The number of hydrogen-bond acceptors (Lipinski definition) is 2. The first-order chi connectivity index (χ1) is 7.45. The Labute approximate surface area is 90.6 Å². The Balaban J connectivity index is 1.82. The molecule has 0 aliphatic carbocycles. The molecule has 1 aromatic carbocycles. The number of benzene rings is 1. The number of nitrogens with one attached hydrogen (secondary N) is 1. The van der Waals surface area contributed by atoms with Gasteiger partial charge in [-0.05, 0) is 12.0 Å². The summed E-state index contributed by atoms with van der Waals surface area (Å²) in [6.07, 6.45) is 1.17. The third kappa shape index (κ3) is 1.68. The van der Waals surface area contributed by atoms with E-state index in [9.17, 15) is 0 Å². The normalized spacial score (nSPS) is 35.1. The zero-order valence-corrected chi connectivity index (χ0v) is 8.86. The molecule has 0 aromatic heterocycles. The molecule has 2 nitrogen and oxygen atoms in total. The van der Waals surface area contributed by atoms with Crippen LogP contribution in [0.5, 0.6) is 0 Å². The van der Waals surface area contributed by atoms with Crippen LogP contribution < -0.4 is 5.32 Å². The van der Waals surface area contributed by atoms with E-state index >= 15 is 0 Å². The molecule has 3 atom stereocenters. The summed E-state index contributed by atoms with van der Waals surface area (Å²) in [6, 6.07) is 11.5. The standard InChI is InChI=1S/C13H17NO/c1-2-4-10(5-3-1)11-8-14-13-6-7-15-9-12(11)13/h1-5,11-14H,6-9H2/t11-,12-,13-/m0/s1. The lowest BCUT2D eigenvalue weighted by Crippen LogP contribution is -2.35. The molecule has 0 amide bonds. The topological polar surface area (TPSA) is 21.3 Å². The third-order valence-electron chi connectivity index (χ3n) is 3.74. The smallest absolute Gasteiger partial charge is 0.0515 e. The van der Waals surface area contributed by atoms with E-state index in [1.807, 2.05) is 0 Å². The van der Waals surface area contributed by atoms with Gasteiger partial charge in [0.05, 0.1) is 6.61 Å². The van der Waals surface area contributed by atoms with Crippen LogP contribution >= 0.6 is 0 Å². The van der Waals surface area contributed by atoms with Crippen molar-refractivity contribution >= 4 is 0 Å². The monoisotopic (exact) mass is 203 g/mol. The van der Waals surface area contributed by atoms with E-state index in [0.717, 1.165) is 19.8 Å². The molecule has 0 saturated carbocycles. The van der Waals surface area contributed by atoms with Crippen molar-refractivity contribution in [3.63, 3.8) is 0 Å². The second-order valence-corrected chi connectivity index (χ2v) is 4.56. The van der Waals surface area contributed by atoms with Crippen LogP contribution in [0.4, 0.5) is 0 Å². The van der Waals surface area contributed by atoms with E-state index in [4.69, 9.17) is 4.74 Å². The Morgan fingerprint density at radius 1 is 1.20 bits per heavy atom. The summed E-state index contributed by atoms with van der Waals surface area (Å²) in [5.74, 6) is 1.33. The van der Waals surface area contributed by atoms with Crippen molar-refractivity contribution in [3.05, 3.63) is 35.9 Å². The molecule has 15 heavy (non-hydrogen) atoms. The van der Waals surface area contributed by atoms with Crippen LogP contribution in [0.15, 0.2) is 30.3 Å². The van der Waals surface area contributed by atoms with Crippen molar-refractivity contribution in [2.24, 2.45) is 5.92 Å². The van der Waals surface area contributed by atoms with Gasteiger partial charge in [-0.15, -0.1) is 0 Å². The van der Waals surface area contributed by atoms with Gasteiger partial charge >= 0.3 is 0 Å². The lowest BCUT2D eigenvalue weighted by Gasteiger charge is -2.28. The zero-order valence-electron chi connectivity index (χ0n) is 8.86. The number of hydrogen-bond donors (Lipinski definition) is 1. The van der Waals surface area contributed by atoms with Crippen LogP contribution in [0.3, 0.4) is 0 Å². The molecule has 0 unspecified atom stereocenters. The molecule has 3 rings (SSSR count). The van der Waals surface area contributed by atoms with E-state index in [2.05, 4.69) is 35.6 Å². The summed E-state index contributed by atoms with van der Waals surface area (Å²) in [7, 11) is 0. The summed E-state index contributed by atoms with van der Waals surface area (Å²) < 4.78 is 5.60. The van der Waals surface area contributed by atoms with Crippen molar-refractivity contribution in [1.29, 1.82) is 0 Å². The Morgan fingerprint density at radius 2 is 2.07 bits per heavy atom. The molecular weight excluding hydrogens is 186 g/mol. The van der Waals surface area contributed by atoms with Crippen molar-refractivity contribution in [3.8, 4) is 0 Å². The van der Waals surface area contributed by atoms with E-state index in [1.165, 1.54) is 12.0 Å². The molecule has 0 radical (unpaired) electrons. The maximum Gasteiger partial charge on any atom is 0.0515 e. The van der Waals surface area contributed by atoms with Gasteiger partial charge in [-0.3, -0.25) is 0 Å². The molecule has 0 spiro atoms. The van der Waals surface area contributed by atoms with Crippen molar-refractivity contribution in [1.82, 2.24) is 5.32 Å². The quantitative estimate of drug-likeness (QED) is 0.751. The van der Waals surface area contributed by atoms with Gasteiger partial charge < -0.3 is 10.1 Å². The Morgan fingerprint density at radius 3 is 2.93 bits per heavy atom. The van der Waals surface area contributed by atoms with E-state index in [1.54, 1.807) is 0 Å². The van der Waals surface area contributed by atoms with Gasteiger partial charge in [0.2, 0.25) is 0 Å². The fourth-order valence-corrected chi connectivity index (χ4v) is 2.90. The van der Waals surface area contributed by atoms with E-state index in [0.29, 0.717) is 17.9 Å². The Hall–Kier alpha value is -0.860. The molecule has 2 heterocycles. The third-order valence-corrected chi connectivity index (χ3v) is 3.74. The molecule has 2 fully saturated rings. The largest absolute Gasteiger partial charge is 0.381 e. The maximum atomic E-state index is 5.60. The summed E-state index contributed by atoms with van der Waals surface area (Å²) in [5, 5.41) is 3.63. The van der Waals surface area contributed by atoms with Gasteiger partial charge in [0.25, 0.3) is 0 Å². The molecule has 80 valence electrons. The van der Waals surface area contributed by atoms with Crippen LogP contribution in [0.2, 0.25) is 0 Å². The first-order valence-electron chi connectivity index (χ1n) is 5.81. The molecule has 2 saturated heterocycles. The molecule has 0 bridgehead atoms. The summed E-state index contributed by atoms with van der Waals surface area (Å²) in [4.78, 5) is 0. The Bertz CT molecular complexity index is 325. The summed E-state index contributed by atoms with van der Waals surface area (Å²) >= 11 is 0. The highest BCUT2D eigenvalue weighted by Crippen LogP contribution is 2.35. The fourth-order valence-electron chi connectivity index (χ4n) is 2.90. The van der Waals surface area contributed by atoms with Gasteiger partial charge in [0.1, 0.15) is 0 Å². The van der Waals surface area contributed by atoms with Crippen molar-refractivity contribution in [2.75, 3.05) is 19.8 Å². The maximum absolute atomic E-state index is 5.60. The second kappa shape index (κ2) is 3.95. The summed E-state index contributed by atoms with van der Waals surface area (Å²) in [6.45, 7) is 2.97. The highest BCUT2D eigenvalue weighted by Gasteiger charge is 2.38. The van der Waals surface area contributed by atoms with Crippen LogP contribution in [-0.4, -0.2) is 25.8 Å². The van der Waals surface area contributed by atoms with Crippen LogP contribution in [0, 0.1) is 5.92 Å². The number of rotatable bonds is 1. The van der Waals surface area contributed by atoms with Crippen LogP contribution in [0.25, 0.3) is 0 Å². The van der Waals surface area contributed by atoms with Gasteiger partial charge in [0.15, 0.2) is 0 Å². The molecule has 2 aliphatic rings. The van der Waals surface area contributed by atoms with Crippen LogP contribution in [0.1, 0.15) is 17.9 Å². The SMILES string of the molecule is c1ccc([C@@H]2CN[C@H]3CCOC[C@H]32)cc1. The fraction of sp³-hybridized carbons (Fsp3) is 0.538. The second-order valence-electron chi connectivity index (χ2n) is 4.56. The average Bonchev–Trinajstić information content (AvgIpc) is 2.74. The predicted molar refractivity (Wildman–Crippen MR) is 59.9 cm³/mol. The van der Waals surface area contributed by atoms with Crippen LogP contribution in [-0.2, 0) is 4.74 Å². The lowest BCUT2D eigenvalue weighted by molar-refractivity contribution is 0.0427. The number of ether oxygens (including phenoxy) is 1. The minimum absolute atomic E-state index is 0.650. The predicted octanol–water partition coefficient (Wildman–Crippen LogP) is 1.78. The first-order valence-corrected chi connectivity index (χ1v) is 5.81. The number of fused-ring (bicyclic) bond motifs is 1. The van der Waals surface area contributed by atoms with E-state index < -0.39 is 0 Å². The highest BCUT2D eigenvalue weighted by molar-refractivity contribution is 5.23. The molecule has 1 aromatic rings. The molecule has 2 aliphatic heterocycles. The minimum Gasteiger partial charge on any atom is -0.381 e. The van der Waals surface area contributed by atoms with E-state index in [-0.39, 0.29) is 0 Å². The minimum atomic E-state index is 0.650. The van der Waals surface area contributed by atoms with Gasteiger partial charge in [-0.25, -0.2) is 0 Å². The molecule has 2 heteroatoms. The zero-order chi connectivity index (χ0) is 10.1. The first kappa shape index (κ1) is 9.37. The summed E-state index contributed by atoms with van der Waals surface area (Å²) in [5.41, 5.74) is 1.46.